The molecule has 1 saturated carbocycles. The van der Waals surface area contributed by atoms with Crippen molar-refractivity contribution in [2.45, 2.75) is 45.1 Å². The van der Waals surface area contributed by atoms with Crippen molar-refractivity contribution in [1.82, 2.24) is 10.2 Å². The molecule has 4 heteroatoms. The van der Waals surface area contributed by atoms with Crippen LogP contribution in [-0.2, 0) is 4.79 Å². The molecule has 2 fully saturated rings. The molecule has 0 aromatic carbocycles. The standard InChI is InChI=1S/C11H18N2O2/c1-8-7-13(11(15)12-10(8)14)9-5-3-2-4-6-9/h8-9H,2-7H2,1H3,(H,12,14,15). The molecular formula is C11H18N2O2. The van der Waals surface area contributed by atoms with Crippen LogP contribution in [0.4, 0.5) is 4.79 Å². The predicted octanol–water partition coefficient (Wildman–Crippen LogP) is 1.51. The Bertz CT molecular complexity index is 272. The van der Waals surface area contributed by atoms with E-state index in [2.05, 4.69) is 5.32 Å². The number of nitrogens with zero attached hydrogens (tertiary/aromatic N) is 1. The Kier molecular flexibility index (Phi) is 2.93. The molecule has 4 nitrogen and oxygen atoms in total. The van der Waals surface area contributed by atoms with Gasteiger partial charge in [0.25, 0.3) is 0 Å². The minimum atomic E-state index is -0.190. The maximum absolute atomic E-state index is 11.6. The number of carbonyl (C=O) groups is 2. The lowest BCUT2D eigenvalue weighted by Crippen LogP contribution is -2.57. The molecular weight excluding hydrogens is 192 g/mol. The monoisotopic (exact) mass is 210 g/mol. The van der Waals surface area contributed by atoms with Gasteiger partial charge in [-0.3, -0.25) is 10.1 Å². The molecule has 0 spiro atoms. The summed E-state index contributed by atoms with van der Waals surface area (Å²) in [4.78, 5) is 24.8. The van der Waals surface area contributed by atoms with Crippen LogP contribution in [0.2, 0.25) is 0 Å². The first-order valence-electron chi connectivity index (χ1n) is 5.80. The first-order valence-corrected chi connectivity index (χ1v) is 5.80. The van der Waals surface area contributed by atoms with E-state index in [0.29, 0.717) is 12.6 Å². The van der Waals surface area contributed by atoms with E-state index in [1.807, 2.05) is 11.8 Å². The average Bonchev–Trinajstić information content (AvgIpc) is 2.25. The van der Waals surface area contributed by atoms with E-state index >= 15 is 0 Å². The second-order valence-electron chi connectivity index (χ2n) is 4.64. The van der Waals surface area contributed by atoms with Gasteiger partial charge in [0.1, 0.15) is 0 Å². The van der Waals surface area contributed by atoms with E-state index in [9.17, 15) is 9.59 Å². The second-order valence-corrected chi connectivity index (χ2v) is 4.64. The van der Waals surface area contributed by atoms with Crippen molar-refractivity contribution in [2.24, 2.45) is 5.92 Å². The predicted molar refractivity (Wildman–Crippen MR) is 56.3 cm³/mol. The Morgan fingerprint density at radius 2 is 1.87 bits per heavy atom. The molecule has 1 unspecified atom stereocenters. The molecule has 1 saturated heterocycles. The van der Waals surface area contributed by atoms with Gasteiger partial charge in [0.05, 0.1) is 5.92 Å². The molecule has 3 amide bonds. The maximum atomic E-state index is 11.6. The van der Waals surface area contributed by atoms with Gasteiger partial charge >= 0.3 is 6.03 Å². The molecule has 1 N–H and O–H groups in total. The van der Waals surface area contributed by atoms with Gasteiger partial charge < -0.3 is 4.90 Å². The Balaban J connectivity index is 2.01. The summed E-state index contributed by atoms with van der Waals surface area (Å²) < 4.78 is 0. The smallest absolute Gasteiger partial charge is 0.321 e. The van der Waals surface area contributed by atoms with Gasteiger partial charge in [-0.25, -0.2) is 4.79 Å². The van der Waals surface area contributed by atoms with E-state index in [0.717, 1.165) is 12.8 Å². The third kappa shape index (κ3) is 2.13. The minimum absolute atomic E-state index is 0.0652. The van der Waals surface area contributed by atoms with Crippen molar-refractivity contribution in [3.8, 4) is 0 Å². The fourth-order valence-electron chi connectivity index (χ4n) is 2.47. The molecule has 0 bridgehead atoms. The average molecular weight is 210 g/mol. The van der Waals surface area contributed by atoms with E-state index in [1.165, 1.54) is 19.3 Å². The quantitative estimate of drug-likeness (QED) is 0.713. The number of hydrogen-bond donors (Lipinski definition) is 1. The van der Waals surface area contributed by atoms with E-state index < -0.39 is 0 Å². The number of nitrogens with one attached hydrogen (secondary N) is 1. The Labute approximate surface area is 90.0 Å². The van der Waals surface area contributed by atoms with Crippen LogP contribution in [0.25, 0.3) is 0 Å². The molecule has 15 heavy (non-hydrogen) atoms. The van der Waals surface area contributed by atoms with Gasteiger partial charge in [-0.05, 0) is 12.8 Å². The summed E-state index contributed by atoms with van der Waals surface area (Å²) in [6.07, 6.45) is 5.87. The van der Waals surface area contributed by atoms with Crippen LogP contribution in [-0.4, -0.2) is 29.4 Å². The zero-order valence-corrected chi connectivity index (χ0v) is 9.16. The van der Waals surface area contributed by atoms with Crippen LogP contribution in [0, 0.1) is 5.92 Å². The highest BCUT2D eigenvalue weighted by atomic mass is 16.2. The lowest BCUT2D eigenvalue weighted by Gasteiger charge is -2.38. The fourth-order valence-corrected chi connectivity index (χ4v) is 2.47. The fraction of sp³-hybridized carbons (Fsp3) is 0.818. The largest absolute Gasteiger partial charge is 0.324 e. The third-order valence-electron chi connectivity index (χ3n) is 3.42. The lowest BCUT2D eigenvalue weighted by atomic mass is 9.93. The van der Waals surface area contributed by atoms with Crippen LogP contribution in [0.3, 0.4) is 0 Å². The Morgan fingerprint density at radius 3 is 2.53 bits per heavy atom. The molecule has 1 aliphatic heterocycles. The highest BCUT2D eigenvalue weighted by Crippen LogP contribution is 2.24. The van der Waals surface area contributed by atoms with Crippen molar-refractivity contribution in [3.63, 3.8) is 0 Å². The van der Waals surface area contributed by atoms with Crippen molar-refractivity contribution < 1.29 is 9.59 Å². The van der Waals surface area contributed by atoms with Crippen LogP contribution in [0.1, 0.15) is 39.0 Å². The molecule has 0 aromatic heterocycles. The van der Waals surface area contributed by atoms with Crippen molar-refractivity contribution in [2.75, 3.05) is 6.54 Å². The summed E-state index contributed by atoms with van der Waals surface area (Å²) >= 11 is 0. The highest BCUT2D eigenvalue weighted by Gasteiger charge is 2.33. The van der Waals surface area contributed by atoms with Gasteiger partial charge in [-0.1, -0.05) is 26.2 Å². The number of urea groups is 1. The molecule has 1 aliphatic carbocycles. The highest BCUT2D eigenvalue weighted by molar-refractivity contribution is 5.97. The van der Waals surface area contributed by atoms with E-state index in [4.69, 9.17) is 0 Å². The van der Waals surface area contributed by atoms with Crippen molar-refractivity contribution >= 4 is 11.9 Å². The van der Waals surface area contributed by atoms with Gasteiger partial charge in [0.15, 0.2) is 0 Å². The normalized spacial score (nSPS) is 29.1. The van der Waals surface area contributed by atoms with Crippen molar-refractivity contribution in [3.05, 3.63) is 0 Å². The number of imide groups is 1. The summed E-state index contributed by atoms with van der Waals surface area (Å²) in [5.74, 6) is -0.198. The topological polar surface area (TPSA) is 49.4 Å². The third-order valence-corrected chi connectivity index (χ3v) is 3.42. The minimum Gasteiger partial charge on any atom is -0.321 e. The number of rotatable bonds is 1. The lowest BCUT2D eigenvalue weighted by molar-refractivity contribution is -0.125. The van der Waals surface area contributed by atoms with Crippen LogP contribution < -0.4 is 5.32 Å². The summed E-state index contributed by atoms with van der Waals surface area (Å²) in [6.45, 7) is 2.47. The van der Waals surface area contributed by atoms with Crippen LogP contribution >= 0.6 is 0 Å². The van der Waals surface area contributed by atoms with Crippen LogP contribution in [0.5, 0.6) is 0 Å². The first-order chi connectivity index (χ1) is 7.18. The molecule has 1 atom stereocenters. The molecule has 1 heterocycles. The summed E-state index contributed by atoms with van der Waals surface area (Å²) in [5, 5.41) is 2.42. The molecule has 84 valence electrons. The van der Waals surface area contributed by atoms with Gasteiger partial charge in [-0.2, -0.15) is 0 Å². The van der Waals surface area contributed by atoms with Gasteiger partial charge in [0.2, 0.25) is 5.91 Å². The zero-order valence-electron chi connectivity index (χ0n) is 9.16. The van der Waals surface area contributed by atoms with Gasteiger partial charge in [0, 0.05) is 12.6 Å². The molecule has 0 aromatic rings. The van der Waals surface area contributed by atoms with Crippen molar-refractivity contribution in [1.29, 1.82) is 0 Å². The summed E-state index contributed by atoms with van der Waals surface area (Å²) in [7, 11) is 0. The van der Waals surface area contributed by atoms with E-state index in [-0.39, 0.29) is 17.9 Å². The Morgan fingerprint density at radius 1 is 1.20 bits per heavy atom. The molecule has 2 aliphatic rings. The van der Waals surface area contributed by atoms with E-state index in [1.54, 1.807) is 0 Å². The maximum Gasteiger partial charge on any atom is 0.324 e. The van der Waals surface area contributed by atoms with Crippen LogP contribution in [0.15, 0.2) is 0 Å². The summed E-state index contributed by atoms with van der Waals surface area (Å²) in [6, 6.07) is 0.166. The number of carbonyl (C=O) groups excluding carboxylic acids is 2. The summed E-state index contributed by atoms with van der Waals surface area (Å²) in [5.41, 5.74) is 0. The zero-order chi connectivity index (χ0) is 10.8. The molecule has 0 radical (unpaired) electrons. The van der Waals surface area contributed by atoms with Gasteiger partial charge in [-0.15, -0.1) is 0 Å². The number of amides is 3. The Hall–Kier alpha value is -1.06. The second kappa shape index (κ2) is 4.21. The molecule has 2 rings (SSSR count). The SMILES string of the molecule is CC1CN(C2CCCCC2)C(=O)NC1=O. The number of hydrogen-bond acceptors (Lipinski definition) is 2. The first kappa shape index (κ1) is 10.5.